The third-order valence-electron chi connectivity index (χ3n) is 3.55. The molecule has 0 aromatic heterocycles. The number of rotatable bonds is 2. The molecule has 3 rings (SSSR count). The Hall–Kier alpha value is -2.74. The van der Waals surface area contributed by atoms with Crippen molar-refractivity contribution < 1.29 is 24.2 Å². The normalized spacial score (nSPS) is 12.4. The highest BCUT2D eigenvalue weighted by Crippen LogP contribution is 2.31. The van der Waals surface area contributed by atoms with Crippen LogP contribution in [0.4, 0.5) is 0 Å². The molecule has 25 heavy (non-hydrogen) atoms. The lowest BCUT2D eigenvalue weighted by Crippen LogP contribution is -2.41. The van der Waals surface area contributed by atoms with Gasteiger partial charge < -0.3 is 14.6 Å². The van der Waals surface area contributed by atoms with Gasteiger partial charge in [-0.3, -0.25) is 20.4 Å². The van der Waals surface area contributed by atoms with E-state index in [1.807, 2.05) is 0 Å². The van der Waals surface area contributed by atoms with Gasteiger partial charge in [0.05, 0.1) is 10.0 Å². The Kier molecular flexibility index (Phi) is 4.80. The number of nitrogens with one attached hydrogen (secondary N) is 2. The fourth-order valence-electron chi connectivity index (χ4n) is 2.35. The fourth-order valence-corrected chi connectivity index (χ4v) is 2.92. The summed E-state index contributed by atoms with van der Waals surface area (Å²) in [7, 11) is 0. The summed E-state index contributed by atoms with van der Waals surface area (Å²) in [5, 5.41) is 9.96. The smallest absolute Gasteiger partial charge is 0.273 e. The Bertz CT molecular complexity index is 853. The predicted octanol–water partition coefficient (Wildman–Crippen LogP) is 2.31. The predicted molar refractivity (Wildman–Crippen MR) is 92.9 cm³/mol. The van der Waals surface area contributed by atoms with E-state index in [1.54, 1.807) is 25.1 Å². The average molecular weight is 407 g/mol. The Balaban J connectivity index is 1.69. The van der Waals surface area contributed by atoms with Gasteiger partial charge in [-0.15, -0.1) is 0 Å². The standard InChI is InChI=1S/C17H15BrN2O5/c1-9-6-11(15(21)12(18)7-9)17(23)20-19-16(22)10-2-3-13-14(8-10)25-5-4-24-13/h2-3,6-8,21H,4-5H2,1H3,(H,19,22)(H,20,23). The van der Waals surface area contributed by atoms with Crippen LogP contribution in [0.2, 0.25) is 0 Å². The lowest BCUT2D eigenvalue weighted by molar-refractivity contribution is 0.0844. The number of fused-ring (bicyclic) bond motifs is 1. The number of phenolic OH excluding ortho intramolecular Hbond substituents is 1. The van der Waals surface area contributed by atoms with Gasteiger partial charge in [0, 0.05) is 5.56 Å². The zero-order chi connectivity index (χ0) is 18.0. The van der Waals surface area contributed by atoms with Crippen molar-refractivity contribution in [3.63, 3.8) is 0 Å². The van der Waals surface area contributed by atoms with E-state index in [4.69, 9.17) is 9.47 Å². The van der Waals surface area contributed by atoms with Crippen molar-refractivity contribution in [1.29, 1.82) is 0 Å². The van der Waals surface area contributed by atoms with Crippen molar-refractivity contribution in [2.45, 2.75) is 6.92 Å². The molecule has 1 aliphatic heterocycles. The van der Waals surface area contributed by atoms with Gasteiger partial charge in [0.1, 0.15) is 19.0 Å². The number of hydrazine groups is 1. The minimum absolute atomic E-state index is 0.0503. The van der Waals surface area contributed by atoms with Gasteiger partial charge in [-0.1, -0.05) is 0 Å². The first-order chi connectivity index (χ1) is 12.0. The van der Waals surface area contributed by atoms with Crippen molar-refractivity contribution >= 4 is 27.7 Å². The number of halogens is 1. The Labute approximate surface area is 152 Å². The second kappa shape index (κ2) is 7.02. The minimum atomic E-state index is -0.632. The molecular formula is C17H15BrN2O5. The zero-order valence-electron chi connectivity index (χ0n) is 13.3. The number of aryl methyl sites for hydroxylation is 1. The lowest BCUT2D eigenvalue weighted by atomic mass is 10.1. The van der Waals surface area contributed by atoms with Crippen LogP contribution in [0.15, 0.2) is 34.8 Å². The van der Waals surface area contributed by atoms with Gasteiger partial charge in [-0.05, 0) is 58.7 Å². The van der Waals surface area contributed by atoms with Gasteiger partial charge in [0.25, 0.3) is 11.8 Å². The number of benzene rings is 2. The molecule has 2 amide bonds. The van der Waals surface area contributed by atoms with E-state index in [2.05, 4.69) is 26.8 Å². The van der Waals surface area contributed by atoms with Crippen LogP contribution in [0.5, 0.6) is 17.2 Å². The number of ether oxygens (including phenoxy) is 2. The molecule has 2 aromatic carbocycles. The van der Waals surface area contributed by atoms with Crippen molar-refractivity contribution in [2.24, 2.45) is 0 Å². The third kappa shape index (κ3) is 3.69. The highest BCUT2D eigenvalue weighted by molar-refractivity contribution is 9.10. The first-order valence-corrected chi connectivity index (χ1v) is 8.24. The topological polar surface area (TPSA) is 96.9 Å². The summed E-state index contributed by atoms with van der Waals surface area (Å²) in [6.45, 7) is 2.66. The highest BCUT2D eigenvalue weighted by atomic mass is 79.9. The average Bonchev–Trinajstić information content (AvgIpc) is 2.62. The maximum Gasteiger partial charge on any atom is 0.273 e. The van der Waals surface area contributed by atoms with Crippen LogP contribution < -0.4 is 20.3 Å². The van der Waals surface area contributed by atoms with Crippen LogP contribution >= 0.6 is 15.9 Å². The van der Waals surface area contributed by atoms with Crippen molar-refractivity contribution in [2.75, 3.05) is 13.2 Å². The van der Waals surface area contributed by atoms with Gasteiger partial charge in [-0.25, -0.2) is 0 Å². The first-order valence-electron chi connectivity index (χ1n) is 7.45. The molecule has 0 saturated heterocycles. The number of hydrogen-bond donors (Lipinski definition) is 3. The van der Waals surface area contributed by atoms with Gasteiger partial charge in [0.2, 0.25) is 0 Å². The van der Waals surface area contributed by atoms with Crippen molar-refractivity contribution in [1.82, 2.24) is 10.9 Å². The van der Waals surface area contributed by atoms with Crippen molar-refractivity contribution in [3.8, 4) is 17.2 Å². The molecule has 2 aromatic rings. The van der Waals surface area contributed by atoms with Gasteiger partial charge in [0.15, 0.2) is 11.5 Å². The second-order valence-electron chi connectivity index (χ2n) is 5.41. The molecule has 0 spiro atoms. The molecule has 0 aliphatic carbocycles. The van der Waals surface area contributed by atoms with Crippen LogP contribution in [-0.4, -0.2) is 30.1 Å². The number of hydrogen-bond acceptors (Lipinski definition) is 5. The van der Waals surface area contributed by atoms with E-state index >= 15 is 0 Å². The molecule has 0 fully saturated rings. The number of carbonyl (C=O) groups is 2. The van der Waals surface area contributed by atoms with Gasteiger partial charge in [-0.2, -0.15) is 0 Å². The molecule has 0 saturated carbocycles. The highest BCUT2D eigenvalue weighted by Gasteiger charge is 2.17. The first kappa shape index (κ1) is 17.1. The molecule has 130 valence electrons. The molecule has 0 radical (unpaired) electrons. The zero-order valence-corrected chi connectivity index (χ0v) is 14.8. The van der Waals surface area contributed by atoms with Crippen LogP contribution in [0, 0.1) is 6.92 Å². The maximum absolute atomic E-state index is 12.2. The molecule has 0 atom stereocenters. The van der Waals surface area contributed by atoms with E-state index in [0.29, 0.717) is 34.7 Å². The van der Waals surface area contributed by atoms with E-state index in [-0.39, 0.29) is 11.3 Å². The maximum atomic E-state index is 12.2. The Morgan fingerprint density at radius 1 is 1.04 bits per heavy atom. The Morgan fingerprint density at radius 2 is 1.72 bits per heavy atom. The summed E-state index contributed by atoms with van der Waals surface area (Å²) in [5.41, 5.74) is 5.73. The molecule has 0 bridgehead atoms. The summed E-state index contributed by atoms with van der Waals surface area (Å²) in [4.78, 5) is 24.4. The van der Waals surface area contributed by atoms with Crippen LogP contribution in [0.3, 0.4) is 0 Å². The van der Waals surface area contributed by atoms with Crippen LogP contribution in [0.25, 0.3) is 0 Å². The largest absolute Gasteiger partial charge is 0.506 e. The fraction of sp³-hybridized carbons (Fsp3) is 0.176. The third-order valence-corrected chi connectivity index (χ3v) is 4.15. The minimum Gasteiger partial charge on any atom is -0.506 e. The van der Waals surface area contributed by atoms with E-state index in [1.165, 1.54) is 12.1 Å². The number of carbonyl (C=O) groups excluding carboxylic acids is 2. The molecule has 0 unspecified atom stereocenters. The SMILES string of the molecule is Cc1cc(Br)c(O)c(C(=O)NNC(=O)c2ccc3c(c2)OCCO3)c1. The van der Waals surface area contributed by atoms with E-state index in [0.717, 1.165) is 5.56 Å². The molecule has 7 nitrogen and oxygen atoms in total. The number of amides is 2. The van der Waals surface area contributed by atoms with Gasteiger partial charge >= 0.3 is 0 Å². The Morgan fingerprint density at radius 3 is 2.48 bits per heavy atom. The summed E-state index contributed by atoms with van der Waals surface area (Å²) >= 11 is 3.17. The quantitative estimate of drug-likeness (QED) is 0.664. The van der Waals surface area contributed by atoms with E-state index < -0.39 is 11.8 Å². The molecule has 8 heteroatoms. The summed E-state index contributed by atoms with van der Waals surface area (Å²) in [6.07, 6.45) is 0. The number of aromatic hydroxyl groups is 1. The molecule has 1 aliphatic rings. The molecular weight excluding hydrogens is 392 g/mol. The van der Waals surface area contributed by atoms with E-state index in [9.17, 15) is 14.7 Å². The second-order valence-corrected chi connectivity index (χ2v) is 6.26. The number of phenols is 1. The van der Waals surface area contributed by atoms with Crippen LogP contribution in [-0.2, 0) is 0 Å². The molecule has 1 heterocycles. The summed E-state index contributed by atoms with van der Waals surface area (Å²) in [5.74, 6) is -0.298. The van der Waals surface area contributed by atoms with Crippen LogP contribution in [0.1, 0.15) is 26.3 Å². The lowest BCUT2D eigenvalue weighted by Gasteiger charge is -2.18. The molecule has 3 N–H and O–H groups in total. The van der Waals surface area contributed by atoms with Crippen molar-refractivity contribution in [3.05, 3.63) is 51.5 Å². The monoisotopic (exact) mass is 406 g/mol. The summed E-state index contributed by atoms with van der Waals surface area (Å²) < 4.78 is 11.2. The summed E-state index contributed by atoms with van der Waals surface area (Å²) in [6, 6.07) is 7.94.